The lowest BCUT2D eigenvalue weighted by Gasteiger charge is -2.05. The zero-order valence-corrected chi connectivity index (χ0v) is 13.3. The number of carbonyl (C=O) groups excluding carboxylic acids is 1. The van der Waals surface area contributed by atoms with Gasteiger partial charge in [-0.15, -0.1) is 0 Å². The summed E-state index contributed by atoms with van der Waals surface area (Å²) in [7, 11) is -3.78. The van der Waals surface area contributed by atoms with Gasteiger partial charge in [0.25, 0.3) is 5.91 Å². The normalized spacial score (nSPS) is 11.4. The van der Waals surface area contributed by atoms with E-state index in [1.807, 2.05) is 0 Å². The van der Waals surface area contributed by atoms with Gasteiger partial charge in [-0.2, -0.15) is 0 Å². The van der Waals surface area contributed by atoms with Gasteiger partial charge in [0.1, 0.15) is 5.76 Å². The number of aryl methyl sites for hydroxylation is 1. The Hall–Kier alpha value is -2.91. The van der Waals surface area contributed by atoms with Gasteiger partial charge in [0.05, 0.1) is 4.90 Å². The lowest BCUT2D eigenvalue weighted by molar-refractivity contribution is 0.102. The zero-order chi connectivity index (χ0) is 17.3. The molecular weight excluding hydrogens is 334 g/mol. The van der Waals surface area contributed by atoms with Gasteiger partial charge in [0.2, 0.25) is 15.8 Å². The summed E-state index contributed by atoms with van der Waals surface area (Å²) in [5.41, 5.74) is 0.442. The van der Waals surface area contributed by atoms with Crippen molar-refractivity contribution in [1.82, 2.24) is 4.98 Å². The average Bonchev–Trinajstić information content (AvgIpc) is 3.15. The minimum atomic E-state index is -3.78. The van der Waals surface area contributed by atoms with Gasteiger partial charge in [-0.05, 0) is 43.3 Å². The number of nitrogens with one attached hydrogen (secondary N) is 1. The number of oxazole rings is 1. The molecule has 0 radical (unpaired) electrons. The second kappa shape index (κ2) is 5.95. The molecule has 9 heteroatoms. The molecule has 3 rings (SSSR count). The predicted molar refractivity (Wildman–Crippen MR) is 84.7 cm³/mol. The molecule has 1 aromatic carbocycles. The van der Waals surface area contributed by atoms with Gasteiger partial charge in [-0.25, -0.2) is 18.5 Å². The van der Waals surface area contributed by atoms with Crippen molar-refractivity contribution in [3.8, 4) is 11.5 Å². The summed E-state index contributed by atoms with van der Waals surface area (Å²) in [6.45, 7) is 1.77. The van der Waals surface area contributed by atoms with E-state index in [9.17, 15) is 13.2 Å². The van der Waals surface area contributed by atoms with E-state index in [1.54, 1.807) is 19.1 Å². The molecule has 2 aromatic heterocycles. The maximum Gasteiger partial charge on any atom is 0.278 e. The molecule has 0 atom stereocenters. The number of hydrogen-bond donors (Lipinski definition) is 2. The Labute approximate surface area is 137 Å². The topological polar surface area (TPSA) is 128 Å². The summed E-state index contributed by atoms with van der Waals surface area (Å²) in [6, 6.07) is 8.86. The van der Waals surface area contributed by atoms with E-state index < -0.39 is 15.9 Å². The SMILES string of the molecule is Cc1ccc(-c2ocnc2C(=O)Nc2ccc(S(N)(=O)=O)cc2)o1. The first-order chi connectivity index (χ1) is 11.3. The van der Waals surface area contributed by atoms with Gasteiger partial charge in [-0.1, -0.05) is 0 Å². The third-order valence-corrected chi connectivity index (χ3v) is 4.12. The number of benzene rings is 1. The first-order valence-electron chi connectivity index (χ1n) is 6.79. The Morgan fingerprint density at radius 2 is 1.88 bits per heavy atom. The van der Waals surface area contributed by atoms with Crippen LogP contribution in [0.15, 0.2) is 56.5 Å². The largest absolute Gasteiger partial charge is 0.458 e. The maximum absolute atomic E-state index is 12.3. The van der Waals surface area contributed by atoms with E-state index in [0.29, 0.717) is 17.2 Å². The number of hydrogen-bond acceptors (Lipinski definition) is 6. The Bertz CT molecular complexity index is 986. The van der Waals surface area contributed by atoms with Crippen molar-refractivity contribution in [3.05, 3.63) is 54.2 Å². The molecule has 0 saturated heterocycles. The molecular formula is C15H13N3O5S. The Morgan fingerprint density at radius 1 is 1.17 bits per heavy atom. The molecule has 3 N–H and O–H groups in total. The Balaban J connectivity index is 1.82. The first kappa shape index (κ1) is 16.0. The molecule has 1 amide bonds. The number of carbonyl (C=O) groups is 1. The summed E-state index contributed by atoms with van der Waals surface area (Å²) in [4.78, 5) is 16.2. The molecule has 8 nitrogen and oxygen atoms in total. The monoisotopic (exact) mass is 347 g/mol. The van der Waals surface area contributed by atoms with Crippen molar-refractivity contribution in [2.45, 2.75) is 11.8 Å². The third-order valence-electron chi connectivity index (χ3n) is 3.19. The molecule has 2 heterocycles. The van der Waals surface area contributed by atoms with E-state index in [-0.39, 0.29) is 16.3 Å². The molecule has 0 aliphatic rings. The van der Waals surface area contributed by atoms with Gasteiger partial charge in [-0.3, -0.25) is 4.79 Å². The molecule has 3 aromatic rings. The molecule has 124 valence electrons. The average molecular weight is 347 g/mol. The van der Waals surface area contributed by atoms with E-state index >= 15 is 0 Å². The van der Waals surface area contributed by atoms with Crippen LogP contribution in [0.3, 0.4) is 0 Å². The first-order valence-corrected chi connectivity index (χ1v) is 8.34. The highest BCUT2D eigenvalue weighted by Crippen LogP contribution is 2.26. The van der Waals surface area contributed by atoms with Gasteiger partial charge in [0, 0.05) is 5.69 Å². The molecule has 0 bridgehead atoms. The summed E-state index contributed by atoms with van der Waals surface area (Å²) in [5, 5.41) is 7.62. The summed E-state index contributed by atoms with van der Waals surface area (Å²) in [6.07, 6.45) is 1.15. The van der Waals surface area contributed by atoms with Crippen LogP contribution in [-0.4, -0.2) is 19.3 Å². The van der Waals surface area contributed by atoms with Gasteiger partial charge >= 0.3 is 0 Å². The fourth-order valence-corrected chi connectivity index (χ4v) is 2.57. The molecule has 24 heavy (non-hydrogen) atoms. The maximum atomic E-state index is 12.3. The quantitative estimate of drug-likeness (QED) is 0.744. The number of nitrogens with zero attached hydrogens (tertiary/aromatic N) is 1. The number of amides is 1. The summed E-state index contributed by atoms with van der Waals surface area (Å²) in [5.74, 6) is 0.754. The summed E-state index contributed by atoms with van der Waals surface area (Å²) < 4.78 is 33.1. The van der Waals surface area contributed by atoms with Crippen LogP contribution in [0.25, 0.3) is 11.5 Å². The second-order valence-electron chi connectivity index (χ2n) is 4.96. The number of sulfonamides is 1. The molecule has 0 saturated carbocycles. The van der Waals surface area contributed by atoms with E-state index in [1.165, 1.54) is 24.3 Å². The van der Waals surface area contributed by atoms with Crippen LogP contribution in [0.4, 0.5) is 5.69 Å². The predicted octanol–water partition coefficient (Wildman–Crippen LogP) is 2.14. The molecule has 0 aliphatic heterocycles. The lowest BCUT2D eigenvalue weighted by atomic mass is 10.2. The molecule has 0 aliphatic carbocycles. The van der Waals surface area contributed by atoms with Crippen molar-refractivity contribution in [2.24, 2.45) is 5.14 Å². The second-order valence-corrected chi connectivity index (χ2v) is 6.53. The van der Waals surface area contributed by atoms with Crippen LogP contribution < -0.4 is 10.5 Å². The highest BCUT2D eigenvalue weighted by atomic mass is 32.2. The number of nitrogens with two attached hydrogens (primary N) is 1. The zero-order valence-electron chi connectivity index (χ0n) is 12.5. The highest BCUT2D eigenvalue weighted by molar-refractivity contribution is 7.89. The molecule has 0 fully saturated rings. The number of rotatable bonds is 4. The van der Waals surface area contributed by atoms with Crippen LogP contribution >= 0.6 is 0 Å². The van der Waals surface area contributed by atoms with Crippen molar-refractivity contribution >= 4 is 21.6 Å². The van der Waals surface area contributed by atoms with E-state index in [2.05, 4.69) is 10.3 Å². The number of anilines is 1. The van der Waals surface area contributed by atoms with Crippen molar-refractivity contribution < 1.29 is 22.0 Å². The van der Waals surface area contributed by atoms with E-state index in [0.717, 1.165) is 6.39 Å². The van der Waals surface area contributed by atoms with Crippen LogP contribution in [-0.2, 0) is 10.0 Å². The minimum Gasteiger partial charge on any atom is -0.458 e. The standard InChI is InChI=1S/C15H13N3O5S/c1-9-2-7-12(23-9)14-13(17-8-22-14)15(19)18-10-3-5-11(6-4-10)24(16,20)21/h2-8H,1H3,(H,18,19)(H2,16,20,21). The van der Waals surface area contributed by atoms with Crippen LogP contribution in [0, 0.1) is 6.92 Å². The minimum absolute atomic E-state index is 0.0475. The number of furan rings is 1. The Morgan fingerprint density at radius 3 is 2.46 bits per heavy atom. The smallest absolute Gasteiger partial charge is 0.278 e. The van der Waals surface area contributed by atoms with Crippen molar-refractivity contribution in [2.75, 3.05) is 5.32 Å². The van der Waals surface area contributed by atoms with Crippen LogP contribution in [0.2, 0.25) is 0 Å². The molecule has 0 spiro atoms. The van der Waals surface area contributed by atoms with Gasteiger partial charge < -0.3 is 14.2 Å². The van der Waals surface area contributed by atoms with Crippen LogP contribution in [0.5, 0.6) is 0 Å². The van der Waals surface area contributed by atoms with Gasteiger partial charge in [0.15, 0.2) is 17.8 Å². The Kier molecular flexibility index (Phi) is 3.96. The van der Waals surface area contributed by atoms with E-state index in [4.69, 9.17) is 14.0 Å². The fraction of sp³-hybridized carbons (Fsp3) is 0.0667. The van der Waals surface area contributed by atoms with Crippen molar-refractivity contribution in [1.29, 1.82) is 0 Å². The van der Waals surface area contributed by atoms with Crippen molar-refractivity contribution in [3.63, 3.8) is 0 Å². The third kappa shape index (κ3) is 3.21. The summed E-state index contributed by atoms with van der Waals surface area (Å²) >= 11 is 0. The number of primary sulfonamides is 1. The van der Waals surface area contributed by atoms with Crippen LogP contribution in [0.1, 0.15) is 16.2 Å². The highest BCUT2D eigenvalue weighted by Gasteiger charge is 2.21. The lowest BCUT2D eigenvalue weighted by Crippen LogP contribution is -2.14. The fourth-order valence-electron chi connectivity index (χ4n) is 2.06. The number of aromatic nitrogens is 1. The molecule has 0 unspecified atom stereocenters.